The third-order valence-corrected chi connectivity index (χ3v) is 8.78. The fourth-order valence-corrected chi connectivity index (χ4v) is 6.76. The molecule has 0 aliphatic heterocycles. The average molecular weight is 628 g/mol. The summed E-state index contributed by atoms with van der Waals surface area (Å²) >= 11 is 0. The minimum atomic E-state index is -4.73. The maximum absolute atomic E-state index is 15.0. The van der Waals surface area contributed by atoms with Crippen LogP contribution in [-0.2, 0) is 6.18 Å². The molecule has 2 aromatic heterocycles. The van der Waals surface area contributed by atoms with Crippen molar-refractivity contribution in [3.8, 4) is 34.6 Å². The summed E-state index contributed by atoms with van der Waals surface area (Å²) in [6.45, 7) is 7.69. The topological polar surface area (TPSA) is 61.8 Å². The van der Waals surface area contributed by atoms with Crippen molar-refractivity contribution in [2.45, 2.75) is 6.18 Å². The van der Waals surface area contributed by atoms with E-state index >= 15 is 13.2 Å². The van der Waals surface area contributed by atoms with E-state index in [-0.39, 0.29) is 11.4 Å². The van der Waals surface area contributed by atoms with E-state index in [2.05, 4.69) is 17.0 Å². The third kappa shape index (κ3) is 4.31. The molecule has 0 atom stereocenters. The number of fused-ring (bicyclic) bond motifs is 6. The molecular weight excluding hydrogens is 607 g/mol. The Bertz CT molecular complexity index is 2610. The molecule has 8 aromatic rings. The molecule has 0 aliphatic rings. The first-order valence-corrected chi connectivity index (χ1v) is 14.9. The normalized spacial score (nSPS) is 11.6. The number of aromatic nitrogens is 2. The van der Waals surface area contributed by atoms with Gasteiger partial charge in [-0.05, 0) is 60.2 Å². The van der Waals surface area contributed by atoms with Gasteiger partial charge in [-0.1, -0.05) is 66.7 Å². The number of hydrogen-bond acceptors (Lipinski definition) is 2. The predicted molar refractivity (Wildman–Crippen MR) is 181 cm³/mol. The van der Waals surface area contributed by atoms with Crippen LogP contribution in [0.15, 0.2) is 121 Å². The van der Waals surface area contributed by atoms with Gasteiger partial charge in [0.1, 0.15) is 0 Å². The van der Waals surface area contributed by atoms with Gasteiger partial charge in [0.2, 0.25) is 0 Å². The summed E-state index contributed by atoms with van der Waals surface area (Å²) in [5, 5.41) is 22.9. The van der Waals surface area contributed by atoms with Crippen LogP contribution < -0.4 is 0 Å². The van der Waals surface area contributed by atoms with Gasteiger partial charge in [-0.15, -0.1) is 0 Å². The van der Waals surface area contributed by atoms with Crippen LogP contribution in [0.3, 0.4) is 0 Å². The Morgan fingerprint density at radius 2 is 1.10 bits per heavy atom. The zero-order chi connectivity index (χ0) is 33.2. The zero-order valence-electron chi connectivity index (χ0n) is 24.9. The molecule has 2 heterocycles. The highest BCUT2D eigenvalue weighted by Crippen LogP contribution is 2.45. The van der Waals surface area contributed by atoms with Gasteiger partial charge in [0.15, 0.2) is 5.69 Å². The SMILES string of the molecule is [C-]#[N+]c1ccc2c3ccccc3n(-c3cc(C(F)(F)F)cc(-n4c5ccccc5c5ccc(C#N)cc54)c3-c3cccc(C#N)c3)c2c1. The van der Waals surface area contributed by atoms with Crippen molar-refractivity contribution in [3.63, 3.8) is 0 Å². The van der Waals surface area contributed by atoms with Crippen molar-refractivity contribution in [2.75, 3.05) is 0 Å². The number of para-hydroxylation sites is 2. The van der Waals surface area contributed by atoms with Crippen LogP contribution in [-0.4, -0.2) is 9.13 Å². The van der Waals surface area contributed by atoms with Gasteiger partial charge in [0, 0.05) is 32.6 Å². The first-order valence-electron chi connectivity index (χ1n) is 14.9. The number of benzene rings is 6. The van der Waals surface area contributed by atoms with Gasteiger partial charge < -0.3 is 9.13 Å². The van der Waals surface area contributed by atoms with Crippen LogP contribution in [0.4, 0.5) is 18.9 Å². The maximum atomic E-state index is 15.0. The molecule has 0 unspecified atom stereocenters. The summed E-state index contributed by atoms with van der Waals surface area (Å²) in [5.74, 6) is 0. The molecule has 0 amide bonds. The Morgan fingerprint density at radius 3 is 1.69 bits per heavy atom. The lowest BCUT2D eigenvalue weighted by molar-refractivity contribution is -0.137. The summed E-state index contributed by atoms with van der Waals surface area (Å²) in [6, 6.07) is 38.7. The molecule has 0 fully saturated rings. The molecule has 0 N–H and O–H groups in total. The number of nitriles is 2. The van der Waals surface area contributed by atoms with Crippen LogP contribution in [0, 0.1) is 29.2 Å². The smallest absolute Gasteiger partial charge is 0.310 e. The van der Waals surface area contributed by atoms with E-state index in [9.17, 15) is 10.5 Å². The van der Waals surface area contributed by atoms with E-state index in [1.807, 2.05) is 60.7 Å². The van der Waals surface area contributed by atoms with E-state index < -0.39 is 11.7 Å². The highest BCUT2D eigenvalue weighted by Gasteiger charge is 2.34. The van der Waals surface area contributed by atoms with Crippen molar-refractivity contribution in [1.82, 2.24) is 9.13 Å². The first kappa shape index (κ1) is 28.6. The van der Waals surface area contributed by atoms with E-state index in [0.29, 0.717) is 50.0 Å². The Morgan fingerprint density at radius 1 is 0.562 bits per heavy atom. The van der Waals surface area contributed by atoms with Crippen molar-refractivity contribution >= 4 is 49.3 Å². The number of nitrogens with zero attached hydrogens (tertiary/aromatic N) is 5. The Labute approximate surface area is 272 Å². The quantitative estimate of drug-likeness (QED) is 0.183. The monoisotopic (exact) mass is 627 g/mol. The molecule has 0 saturated carbocycles. The number of alkyl halides is 3. The first-order chi connectivity index (χ1) is 23.3. The zero-order valence-corrected chi connectivity index (χ0v) is 24.9. The van der Waals surface area contributed by atoms with Gasteiger partial charge in [-0.25, -0.2) is 4.85 Å². The molecule has 8 heteroatoms. The lowest BCUT2D eigenvalue weighted by Gasteiger charge is -2.23. The molecule has 0 radical (unpaired) electrons. The van der Waals surface area contributed by atoms with E-state index in [0.717, 1.165) is 33.7 Å². The van der Waals surface area contributed by atoms with Crippen molar-refractivity contribution in [3.05, 3.63) is 149 Å². The van der Waals surface area contributed by atoms with Gasteiger partial charge in [0.25, 0.3) is 0 Å². The number of hydrogen-bond donors (Lipinski definition) is 0. The lowest BCUT2D eigenvalue weighted by atomic mass is 9.96. The van der Waals surface area contributed by atoms with Crippen LogP contribution in [0.1, 0.15) is 16.7 Å². The summed E-state index contributed by atoms with van der Waals surface area (Å²) in [4.78, 5) is 3.62. The standard InChI is InChI=1S/C40H20F3N5/c1-46-28-14-16-32-30-10-3-5-12-34(30)48(36(32)21-28)38-20-27(40(41,42)43)19-37(39(38)26-8-6-7-24(17-26)22-44)47-33-11-4-2-9-29(33)31-15-13-25(23-45)18-35(31)47/h2-21H. The molecule has 6 aromatic carbocycles. The minimum absolute atomic E-state index is 0.225. The molecule has 48 heavy (non-hydrogen) atoms. The third-order valence-electron chi connectivity index (χ3n) is 8.78. The average Bonchev–Trinajstić information content (AvgIpc) is 3.62. The molecule has 226 valence electrons. The fraction of sp³-hybridized carbons (Fsp3) is 0.0250. The second kappa shape index (κ2) is 10.6. The second-order valence-corrected chi connectivity index (χ2v) is 11.4. The Kier molecular flexibility index (Phi) is 6.34. The summed E-state index contributed by atoms with van der Waals surface area (Å²) < 4.78 is 48.7. The number of halogens is 3. The highest BCUT2D eigenvalue weighted by molar-refractivity contribution is 6.12. The minimum Gasteiger partial charge on any atom is -0.310 e. The molecule has 0 bridgehead atoms. The molecule has 0 saturated heterocycles. The van der Waals surface area contributed by atoms with Crippen molar-refractivity contribution in [2.24, 2.45) is 0 Å². The maximum Gasteiger partial charge on any atom is 0.416 e. The molecule has 0 spiro atoms. The van der Waals surface area contributed by atoms with Crippen molar-refractivity contribution < 1.29 is 13.2 Å². The fourth-order valence-electron chi connectivity index (χ4n) is 6.76. The van der Waals surface area contributed by atoms with E-state index in [1.165, 1.54) is 0 Å². The molecule has 8 rings (SSSR count). The van der Waals surface area contributed by atoms with E-state index in [4.69, 9.17) is 6.57 Å². The summed E-state index contributed by atoms with van der Waals surface area (Å²) in [6.07, 6.45) is -4.73. The second-order valence-electron chi connectivity index (χ2n) is 11.4. The molecule has 5 nitrogen and oxygen atoms in total. The summed E-state index contributed by atoms with van der Waals surface area (Å²) in [7, 11) is 0. The summed E-state index contributed by atoms with van der Waals surface area (Å²) in [5.41, 5.74) is 4.06. The van der Waals surface area contributed by atoms with Gasteiger partial charge in [0.05, 0.1) is 63.3 Å². The predicted octanol–water partition coefficient (Wildman–Crippen LogP) is 10.9. The van der Waals surface area contributed by atoms with Gasteiger partial charge >= 0.3 is 6.18 Å². The Hall–Kier alpha value is -6.82. The van der Waals surface area contributed by atoms with Crippen LogP contribution in [0.2, 0.25) is 0 Å². The van der Waals surface area contributed by atoms with Crippen LogP contribution in [0.25, 0.3) is 71.0 Å². The largest absolute Gasteiger partial charge is 0.416 e. The van der Waals surface area contributed by atoms with Crippen LogP contribution >= 0.6 is 0 Å². The van der Waals surface area contributed by atoms with Crippen LogP contribution in [0.5, 0.6) is 0 Å². The lowest BCUT2D eigenvalue weighted by Crippen LogP contribution is -2.11. The van der Waals surface area contributed by atoms with Gasteiger partial charge in [-0.2, -0.15) is 23.7 Å². The Balaban J connectivity index is 1.65. The highest BCUT2D eigenvalue weighted by atomic mass is 19.4. The molecular formula is C40H20F3N5. The van der Waals surface area contributed by atoms with E-state index in [1.54, 1.807) is 57.7 Å². The van der Waals surface area contributed by atoms with Gasteiger partial charge in [-0.3, -0.25) is 0 Å². The van der Waals surface area contributed by atoms with Crippen molar-refractivity contribution in [1.29, 1.82) is 10.5 Å². The molecule has 0 aliphatic carbocycles. The number of rotatable bonds is 3.